The highest BCUT2D eigenvalue weighted by Crippen LogP contribution is 2.77. The lowest BCUT2D eigenvalue weighted by Gasteiger charge is -2.72. The van der Waals surface area contributed by atoms with Crippen molar-refractivity contribution in [1.82, 2.24) is 0 Å². The predicted molar refractivity (Wildman–Crippen MR) is 142 cm³/mol. The van der Waals surface area contributed by atoms with E-state index >= 15 is 0 Å². The summed E-state index contributed by atoms with van der Waals surface area (Å²) in [5.41, 5.74) is 1.20. The van der Waals surface area contributed by atoms with Crippen LogP contribution in [0.1, 0.15) is 113 Å². The maximum atomic E-state index is 12.8. The van der Waals surface area contributed by atoms with Gasteiger partial charge in [0.2, 0.25) is 0 Å². The number of carbonyl (C=O) groups is 2. The van der Waals surface area contributed by atoms with Crippen molar-refractivity contribution < 1.29 is 19.4 Å². The summed E-state index contributed by atoms with van der Waals surface area (Å²) in [5.74, 6) is 1.49. The maximum Gasteiger partial charge on any atom is 0.309 e. The molecule has 0 bridgehead atoms. The van der Waals surface area contributed by atoms with Crippen molar-refractivity contribution in [1.29, 1.82) is 0 Å². The maximum absolute atomic E-state index is 12.8. The fraction of sp³-hybridized carbons (Fsp3) is 0.875. The largest absolute Gasteiger partial charge is 0.481 e. The van der Waals surface area contributed by atoms with Gasteiger partial charge in [-0.15, -0.1) is 0 Å². The van der Waals surface area contributed by atoms with Crippen molar-refractivity contribution in [2.24, 2.45) is 56.7 Å². The molecule has 0 spiro atoms. The van der Waals surface area contributed by atoms with Crippen LogP contribution in [0.3, 0.4) is 0 Å². The van der Waals surface area contributed by atoms with E-state index in [1.165, 1.54) is 24.8 Å². The minimum atomic E-state index is -0.553. The Balaban J connectivity index is 1.52. The van der Waals surface area contributed by atoms with E-state index in [9.17, 15) is 14.7 Å². The Morgan fingerprint density at radius 3 is 2.11 bits per heavy atom. The second-order valence-electron chi connectivity index (χ2n) is 15.1. The van der Waals surface area contributed by atoms with Crippen LogP contribution in [0.4, 0.5) is 0 Å². The molecule has 4 heteroatoms. The number of rotatable bonds is 3. The fourth-order valence-corrected chi connectivity index (χ4v) is 11.9. The van der Waals surface area contributed by atoms with Crippen LogP contribution in [0.2, 0.25) is 0 Å². The first kappa shape index (κ1) is 26.3. The molecule has 0 heterocycles. The number of carboxylic acid groups (broad SMARTS) is 1. The Bertz CT molecular complexity index is 967. The Labute approximate surface area is 219 Å². The van der Waals surface area contributed by atoms with E-state index in [0.29, 0.717) is 23.7 Å². The molecule has 0 unspecified atom stereocenters. The van der Waals surface area contributed by atoms with Gasteiger partial charge < -0.3 is 9.84 Å². The van der Waals surface area contributed by atoms with Crippen molar-refractivity contribution in [2.45, 2.75) is 119 Å². The molecule has 0 radical (unpaired) electrons. The summed E-state index contributed by atoms with van der Waals surface area (Å²) in [7, 11) is 0. The van der Waals surface area contributed by atoms with Crippen LogP contribution < -0.4 is 0 Å². The minimum absolute atomic E-state index is 0.00466. The first-order valence-electron chi connectivity index (χ1n) is 14.7. The van der Waals surface area contributed by atoms with Crippen molar-refractivity contribution in [2.75, 3.05) is 0 Å². The Morgan fingerprint density at radius 1 is 0.806 bits per heavy atom. The third kappa shape index (κ3) is 3.17. The van der Waals surface area contributed by atoms with E-state index in [-0.39, 0.29) is 39.7 Å². The summed E-state index contributed by atoms with van der Waals surface area (Å²) < 4.78 is 5.88. The van der Waals surface area contributed by atoms with Gasteiger partial charge in [0, 0.05) is 12.3 Å². The van der Waals surface area contributed by atoms with Gasteiger partial charge in [-0.3, -0.25) is 9.59 Å². The molecule has 5 fully saturated rings. The van der Waals surface area contributed by atoms with Gasteiger partial charge in [-0.1, -0.05) is 46.8 Å². The van der Waals surface area contributed by atoms with E-state index in [1.807, 2.05) is 0 Å². The van der Waals surface area contributed by atoms with Gasteiger partial charge in [0.15, 0.2) is 0 Å². The highest BCUT2D eigenvalue weighted by atomic mass is 16.5. The van der Waals surface area contributed by atoms with Crippen LogP contribution >= 0.6 is 0 Å². The third-order valence-electron chi connectivity index (χ3n) is 13.7. The fourth-order valence-electron chi connectivity index (χ4n) is 11.9. The molecule has 1 N–H and O–H groups in total. The summed E-state index contributed by atoms with van der Waals surface area (Å²) in [5, 5.41) is 10.5. The van der Waals surface area contributed by atoms with Gasteiger partial charge in [-0.25, -0.2) is 0 Å². The molecule has 0 aliphatic heterocycles. The monoisotopic (exact) mass is 498 g/mol. The van der Waals surface area contributed by atoms with Crippen molar-refractivity contribution >= 4 is 11.9 Å². The highest BCUT2D eigenvalue weighted by Gasteiger charge is 2.72. The highest BCUT2D eigenvalue weighted by molar-refractivity contribution is 5.76. The second-order valence-corrected chi connectivity index (χ2v) is 15.1. The van der Waals surface area contributed by atoms with Crippen LogP contribution in [0, 0.1) is 56.7 Å². The Morgan fingerprint density at radius 2 is 1.50 bits per heavy atom. The molecule has 0 aromatic rings. The van der Waals surface area contributed by atoms with Crippen molar-refractivity contribution in [3.63, 3.8) is 0 Å². The zero-order valence-electron chi connectivity index (χ0n) is 23.9. The first-order chi connectivity index (χ1) is 16.6. The lowest BCUT2D eigenvalue weighted by atomic mass is 9.32. The quantitative estimate of drug-likeness (QED) is 0.320. The van der Waals surface area contributed by atoms with Crippen molar-refractivity contribution in [3.8, 4) is 0 Å². The minimum Gasteiger partial charge on any atom is -0.481 e. The molecule has 0 amide bonds. The molecular formula is C32H50O4. The molecular weight excluding hydrogens is 448 g/mol. The number of allylic oxidation sites excluding steroid dienone is 1. The number of ether oxygens (including phenoxy) is 1. The number of hydrogen-bond acceptors (Lipinski definition) is 3. The lowest BCUT2D eigenvalue weighted by molar-refractivity contribution is -0.250. The number of esters is 1. The molecule has 5 saturated carbocycles. The number of carboxylic acids is 1. The molecule has 0 saturated heterocycles. The zero-order valence-corrected chi connectivity index (χ0v) is 23.9. The number of carbonyl (C=O) groups excluding carboxylic acids is 1. The molecule has 0 aromatic heterocycles. The lowest BCUT2D eigenvalue weighted by Crippen LogP contribution is -2.67. The predicted octanol–water partition coefficient (Wildman–Crippen LogP) is 7.66. The summed E-state index contributed by atoms with van der Waals surface area (Å²) in [6.45, 7) is 20.4. The van der Waals surface area contributed by atoms with Gasteiger partial charge in [-0.05, 0) is 117 Å². The molecule has 4 nitrogen and oxygen atoms in total. The third-order valence-corrected chi connectivity index (χ3v) is 13.7. The van der Waals surface area contributed by atoms with Crippen LogP contribution in [-0.4, -0.2) is 23.1 Å². The SMILES string of the molecule is C=C(C)[C@H]1CC[C@]2(C(=O)O)CC[C@]3(C)[C@H](CC[C@@H]4[C@@]5(C)CC[C@H](OC(C)=O)C(C)(C)[C@@H]5CC[C@]43C)[C@H]12. The summed E-state index contributed by atoms with van der Waals surface area (Å²) in [4.78, 5) is 24.7. The molecule has 0 aromatic carbocycles. The molecule has 202 valence electrons. The van der Waals surface area contributed by atoms with E-state index < -0.39 is 11.4 Å². The van der Waals surface area contributed by atoms with Gasteiger partial charge in [0.05, 0.1) is 5.41 Å². The van der Waals surface area contributed by atoms with E-state index in [0.717, 1.165) is 44.9 Å². The van der Waals surface area contributed by atoms with Crippen LogP contribution in [0.5, 0.6) is 0 Å². The number of aliphatic carboxylic acids is 1. The smallest absolute Gasteiger partial charge is 0.309 e. The summed E-state index contributed by atoms with van der Waals surface area (Å²) in [6.07, 6.45) is 10.5. The van der Waals surface area contributed by atoms with E-state index in [4.69, 9.17) is 4.74 Å². The van der Waals surface area contributed by atoms with Crippen molar-refractivity contribution in [3.05, 3.63) is 12.2 Å². The molecule has 5 rings (SSSR count). The molecule has 5 aliphatic carbocycles. The average molecular weight is 499 g/mol. The average Bonchev–Trinajstić information content (AvgIpc) is 3.17. The van der Waals surface area contributed by atoms with E-state index in [1.54, 1.807) is 6.92 Å². The van der Waals surface area contributed by atoms with E-state index in [2.05, 4.69) is 48.1 Å². The normalized spacial score (nSPS) is 51.2. The first-order valence-corrected chi connectivity index (χ1v) is 14.7. The van der Waals surface area contributed by atoms with Gasteiger partial charge >= 0.3 is 11.9 Å². The molecule has 36 heavy (non-hydrogen) atoms. The summed E-state index contributed by atoms with van der Waals surface area (Å²) >= 11 is 0. The van der Waals surface area contributed by atoms with Gasteiger partial charge in [-0.2, -0.15) is 0 Å². The van der Waals surface area contributed by atoms with Gasteiger partial charge in [0.25, 0.3) is 0 Å². The number of hydrogen-bond donors (Lipinski definition) is 1. The number of fused-ring (bicyclic) bond motifs is 7. The Hall–Kier alpha value is -1.32. The molecule has 10 atom stereocenters. The molecule has 5 aliphatic rings. The topological polar surface area (TPSA) is 63.6 Å². The van der Waals surface area contributed by atoms with Crippen LogP contribution in [-0.2, 0) is 14.3 Å². The zero-order chi connectivity index (χ0) is 26.5. The summed E-state index contributed by atoms with van der Waals surface area (Å²) in [6, 6.07) is 0. The van der Waals surface area contributed by atoms with Gasteiger partial charge in [0.1, 0.15) is 6.10 Å². The van der Waals surface area contributed by atoms with Crippen LogP contribution in [0.25, 0.3) is 0 Å². The standard InChI is InChI=1S/C32H50O4/c1-19(2)21-11-16-32(27(34)35)18-17-30(7)22(26(21)32)9-10-24-29(6)14-13-25(36-20(3)33)28(4,5)23(29)12-15-31(24,30)8/h21-26H,1,9-18H2,2-8H3,(H,34,35)/t21-,22-,23+,24-,25+,26+,29+,30-,31-,32+/m1/s1. The Kier molecular flexibility index (Phi) is 5.91. The van der Waals surface area contributed by atoms with Crippen LogP contribution in [0.15, 0.2) is 12.2 Å². The second kappa shape index (κ2) is 8.09.